The summed E-state index contributed by atoms with van der Waals surface area (Å²) in [5.74, 6) is 0. The van der Waals surface area contributed by atoms with Gasteiger partial charge in [0.05, 0.1) is 5.69 Å². The number of nitrogens with one attached hydrogen (secondary N) is 1. The molecule has 6 N–H and O–H groups in total. The summed E-state index contributed by atoms with van der Waals surface area (Å²) in [6, 6.07) is 10.5. The number of hydrogen-bond donors (Lipinski definition) is 4. The van der Waals surface area contributed by atoms with Crippen molar-refractivity contribution in [1.82, 2.24) is 0 Å². The summed E-state index contributed by atoms with van der Waals surface area (Å²) >= 11 is 0. The summed E-state index contributed by atoms with van der Waals surface area (Å²) < 4.78 is 0. The number of nitrogens with two attached hydrogens (primary N) is 2. The van der Waals surface area contributed by atoms with E-state index < -0.39 is 0 Å². The van der Waals surface area contributed by atoms with Gasteiger partial charge in [0.2, 0.25) is 0 Å². The molecule has 100 valence electrons. The minimum absolute atomic E-state index is 0.105. The lowest BCUT2D eigenvalue weighted by Gasteiger charge is -2.13. The molecule has 0 saturated carbocycles. The lowest BCUT2D eigenvalue weighted by molar-refractivity contribution is 0.390. The van der Waals surface area contributed by atoms with Gasteiger partial charge in [-0.1, -0.05) is 12.1 Å². The molecule has 3 rings (SSSR count). The van der Waals surface area contributed by atoms with E-state index in [1.165, 1.54) is 0 Å². The van der Waals surface area contributed by atoms with Gasteiger partial charge in [-0.25, -0.2) is 0 Å². The highest BCUT2D eigenvalue weighted by Gasteiger charge is 2.15. The summed E-state index contributed by atoms with van der Waals surface area (Å²) in [6.45, 7) is 0. The molecular weight excluding hydrogens is 256 g/mol. The lowest BCUT2D eigenvalue weighted by atomic mass is 9.97. The molecule has 6 heteroatoms. The Labute approximate surface area is 113 Å². The van der Waals surface area contributed by atoms with Crippen molar-refractivity contribution in [3.05, 3.63) is 41.3 Å². The molecule has 0 spiro atoms. The third-order valence-electron chi connectivity index (χ3n) is 3.34. The first-order valence-electron chi connectivity index (χ1n) is 5.93. The Kier molecular flexibility index (Phi) is 2.66. The standard InChI is InChI=1S/C14H12N4O2/c15-7-1-3-9-10-4-2-8(16)6-12(10)14(18-20)13(17-19)11(9)5-7/h1-6,17,19H,15-16H2. The Hall–Kier alpha value is -2.86. The van der Waals surface area contributed by atoms with Crippen LogP contribution in [0.25, 0.3) is 21.5 Å². The van der Waals surface area contributed by atoms with E-state index in [1.807, 2.05) is 17.6 Å². The largest absolute Gasteiger partial charge is 0.399 e. The van der Waals surface area contributed by atoms with Crippen molar-refractivity contribution >= 4 is 44.3 Å². The quantitative estimate of drug-likeness (QED) is 0.246. The molecule has 6 nitrogen and oxygen atoms in total. The number of nitrogens with zero attached hydrogens (tertiary/aromatic N) is 1. The summed E-state index contributed by atoms with van der Waals surface area (Å²) in [6.07, 6.45) is 0. The second-order valence-corrected chi connectivity index (χ2v) is 4.54. The van der Waals surface area contributed by atoms with Crippen molar-refractivity contribution in [2.75, 3.05) is 16.9 Å². The molecule has 20 heavy (non-hydrogen) atoms. The van der Waals surface area contributed by atoms with E-state index in [9.17, 15) is 10.1 Å². The van der Waals surface area contributed by atoms with Crippen LogP contribution in [0.2, 0.25) is 0 Å². The van der Waals surface area contributed by atoms with Crippen LogP contribution in [0.4, 0.5) is 22.7 Å². The van der Waals surface area contributed by atoms with Gasteiger partial charge in [-0.15, -0.1) is 4.91 Å². The average molecular weight is 268 g/mol. The maximum atomic E-state index is 11.2. The minimum Gasteiger partial charge on any atom is -0.399 e. The molecule has 0 aliphatic heterocycles. The van der Waals surface area contributed by atoms with Gasteiger partial charge in [0.1, 0.15) is 5.69 Å². The Bertz CT molecular complexity index is 846. The van der Waals surface area contributed by atoms with E-state index in [-0.39, 0.29) is 11.4 Å². The third-order valence-corrected chi connectivity index (χ3v) is 3.34. The van der Waals surface area contributed by atoms with Gasteiger partial charge >= 0.3 is 0 Å². The SMILES string of the molecule is Nc1ccc2c(c1)c(N=O)c(NO)c1cc(N)ccc12. The molecule has 0 atom stereocenters. The number of anilines is 3. The summed E-state index contributed by atoms with van der Waals surface area (Å²) in [5, 5.41) is 15.2. The molecule has 0 fully saturated rings. The van der Waals surface area contributed by atoms with Crippen LogP contribution in [0.1, 0.15) is 0 Å². The molecule has 0 amide bonds. The van der Waals surface area contributed by atoms with Gasteiger partial charge in [0.25, 0.3) is 0 Å². The zero-order valence-corrected chi connectivity index (χ0v) is 10.4. The van der Waals surface area contributed by atoms with Crippen LogP contribution in [0.15, 0.2) is 41.6 Å². The fourth-order valence-corrected chi connectivity index (χ4v) is 2.47. The Morgan fingerprint density at radius 1 is 0.900 bits per heavy atom. The maximum Gasteiger partial charge on any atom is 0.141 e. The molecule has 0 aliphatic rings. The highest BCUT2D eigenvalue weighted by molar-refractivity contribution is 6.20. The first-order valence-corrected chi connectivity index (χ1v) is 5.93. The van der Waals surface area contributed by atoms with Crippen molar-refractivity contribution in [1.29, 1.82) is 0 Å². The highest BCUT2D eigenvalue weighted by atomic mass is 16.5. The first kappa shape index (κ1) is 12.2. The molecule has 3 aromatic rings. The van der Waals surface area contributed by atoms with Gasteiger partial charge in [-0.3, -0.25) is 10.7 Å². The number of rotatable bonds is 2. The predicted octanol–water partition coefficient (Wildman–Crippen LogP) is 3.36. The maximum absolute atomic E-state index is 11.2. The normalized spacial score (nSPS) is 10.8. The van der Waals surface area contributed by atoms with Gasteiger partial charge in [-0.2, -0.15) is 0 Å². The first-order chi connectivity index (χ1) is 9.65. The molecule has 0 aliphatic carbocycles. The highest BCUT2D eigenvalue weighted by Crippen LogP contribution is 2.42. The van der Waals surface area contributed by atoms with Gasteiger partial charge in [0, 0.05) is 22.1 Å². The van der Waals surface area contributed by atoms with E-state index >= 15 is 0 Å². The Morgan fingerprint density at radius 3 is 2.00 bits per heavy atom. The van der Waals surface area contributed by atoms with Gasteiger partial charge < -0.3 is 11.5 Å². The van der Waals surface area contributed by atoms with Gasteiger partial charge in [0.15, 0.2) is 0 Å². The van der Waals surface area contributed by atoms with Crippen LogP contribution in [-0.2, 0) is 0 Å². The smallest absolute Gasteiger partial charge is 0.141 e. The molecule has 0 radical (unpaired) electrons. The summed E-state index contributed by atoms with van der Waals surface area (Å²) in [5.41, 5.74) is 14.9. The predicted molar refractivity (Wildman–Crippen MR) is 81.1 cm³/mol. The molecule has 0 aromatic heterocycles. The van der Waals surface area contributed by atoms with Crippen molar-refractivity contribution in [2.24, 2.45) is 5.18 Å². The molecule has 0 saturated heterocycles. The number of hydrogen-bond acceptors (Lipinski definition) is 6. The molecule has 0 unspecified atom stereocenters. The van der Waals surface area contributed by atoms with Crippen molar-refractivity contribution < 1.29 is 5.21 Å². The second kappa shape index (κ2) is 4.36. The van der Waals surface area contributed by atoms with Crippen molar-refractivity contribution in [3.63, 3.8) is 0 Å². The van der Waals surface area contributed by atoms with Crippen molar-refractivity contribution in [3.8, 4) is 0 Å². The molecule has 0 bridgehead atoms. The molecule has 0 heterocycles. The fourth-order valence-electron chi connectivity index (χ4n) is 2.47. The van der Waals surface area contributed by atoms with E-state index in [0.717, 1.165) is 10.8 Å². The minimum atomic E-state index is 0.105. The van der Waals surface area contributed by atoms with Crippen molar-refractivity contribution in [2.45, 2.75) is 0 Å². The Morgan fingerprint density at radius 2 is 1.45 bits per heavy atom. The molecule has 3 aromatic carbocycles. The average Bonchev–Trinajstić information content (AvgIpc) is 2.45. The monoisotopic (exact) mass is 268 g/mol. The zero-order chi connectivity index (χ0) is 14.3. The van der Waals surface area contributed by atoms with E-state index in [0.29, 0.717) is 22.1 Å². The summed E-state index contributed by atoms with van der Waals surface area (Å²) in [7, 11) is 0. The van der Waals surface area contributed by atoms with E-state index in [1.54, 1.807) is 24.3 Å². The Balaban J connectivity index is 2.63. The van der Waals surface area contributed by atoms with Crippen LogP contribution in [0, 0.1) is 4.91 Å². The number of fused-ring (bicyclic) bond motifs is 3. The number of nitrogen functional groups attached to an aromatic ring is 2. The van der Waals surface area contributed by atoms with Crippen LogP contribution in [0.5, 0.6) is 0 Å². The number of nitroso groups, excluding NO2 is 1. The second-order valence-electron chi connectivity index (χ2n) is 4.54. The topological polar surface area (TPSA) is 114 Å². The van der Waals surface area contributed by atoms with Gasteiger partial charge in [-0.05, 0) is 40.2 Å². The third kappa shape index (κ3) is 1.63. The van der Waals surface area contributed by atoms with E-state index in [2.05, 4.69) is 5.18 Å². The zero-order valence-electron chi connectivity index (χ0n) is 10.4. The number of benzene rings is 3. The molecular formula is C14H12N4O2. The van der Waals surface area contributed by atoms with Crippen LogP contribution in [0.3, 0.4) is 0 Å². The van der Waals surface area contributed by atoms with Crippen LogP contribution >= 0.6 is 0 Å². The van der Waals surface area contributed by atoms with E-state index in [4.69, 9.17) is 11.5 Å². The summed E-state index contributed by atoms with van der Waals surface area (Å²) in [4.78, 5) is 11.2. The van der Waals surface area contributed by atoms with Crippen LogP contribution < -0.4 is 16.9 Å². The van der Waals surface area contributed by atoms with Crippen LogP contribution in [-0.4, -0.2) is 5.21 Å². The lowest BCUT2D eigenvalue weighted by Crippen LogP contribution is -1.95. The fraction of sp³-hybridized carbons (Fsp3) is 0.